The predicted molar refractivity (Wildman–Crippen MR) is 111 cm³/mol. The summed E-state index contributed by atoms with van der Waals surface area (Å²) < 4.78 is 0. The molecule has 0 unspecified atom stereocenters. The Bertz CT molecular complexity index is 864. The Balaban J connectivity index is 1.85. The van der Waals surface area contributed by atoms with E-state index in [1.807, 2.05) is 13.0 Å². The van der Waals surface area contributed by atoms with Crippen LogP contribution in [0.5, 0.6) is 0 Å². The van der Waals surface area contributed by atoms with Gasteiger partial charge in [0.25, 0.3) is 0 Å². The molecule has 1 aliphatic rings. The Labute approximate surface area is 173 Å². The average Bonchev–Trinajstić information content (AvgIpc) is 2.64. The highest BCUT2D eigenvalue weighted by Crippen LogP contribution is 2.41. The molecule has 8 heteroatoms. The third kappa shape index (κ3) is 5.31. The number of nitrogens with one attached hydrogen (secondary N) is 2. The van der Waals surface area contributed by atoms with Crippen LogP contribution in [0.15, 0.2) is 39.8 Å². The number of carbonyl (C=O) groups is 2. The number of hydrogen-bond donors (Lipinski definition) is 2. The van der Waals surface area contributed by atoms with Crippen LogP contribution in [-0.2, 0) is 9.59 Å². The molecule has 0 spiro atoms. The van der Waals surface area contributed by atoms with E-state index in [-0.39, 0.29) is 11.7 Å². The maximum atomic E-state index is 12.1. The third-order valence-electron chi connectivity index (χ3n) is 4.39. The Morgan fingerprint density at radius 3 is 2.54 bits per heavy atom. The Morgan fingerprint density at radius 1 is 1.25 bits per heavy atom. The molecule has 0 saturated carbocycles. The maximum absolute atomic E-state index is 12.1. The topological polar surface area (TPSA) is 106 Å². The Hall–Kier alpha value is -2.42. The van der Waals surface area contributed by atoms with Gasteiger partial charge in [-0.25, -0.2) is 0 Å². The van der Waals surface area contributed by atoms with E-state index in [1.165, 1.54) is 5.56 Å². The van der Waals surface area contributed by atoms with Crippen LogP contribution in [0.25, 0.3) is 0 Å². The molecule has 2 N–H and O–H groups in total. The summed E-state index contributed by atoms with van der Waals surface area (Å²) in [4.78, 5) is 25.4. The van der Waals surface area contributed by atoms with E-state index in [2.05, 4.69) is 41.0 Å². The quantitative estimate of drug-likeness (QED) is 0.525. The summed E-state index contributed by atoms with van der Waals surface area (Å²) in [5.74, 6) is -0.709. The molecule has 6 nitrogen and oxygen atoms in total. The van der Waals surface area contributed by atoms with Crippen molar-refractivity contribution in [2.75, 3.05) is 18.1 Å². The van der Waals surface area contributed by atoms with Gasteiger partial charge in [-0.1, -0.05) is 43.3 Å². The summed E-state index contributed by atoms with van der Waals surface area (Å²) in [6.07, 6.45) is 0. The summed E-state index contributed by atoms with van der Waals surface area (Å²) in [5, 5.41) is 24.5. The second-order valence-corrected chi connectivity index (χ2v) is 9.04. The van der Waals surface area contributed by atoms with Gasteiger partial charge in [-0.05, 0) is 19.1 Å². The average molecular weight is 415 g/mol. The Kier molecular flexibility index (Phi) is 7.56. The molecule has 146 valence electrons. The first-order valence-electron chi connectivity index (χ1n) is 8.74. The van der Waals surface area contributed by atoms with Gasteiger partial charge in [-0.3, -0.25) is 9.59 Å². The number of allylic oxidation sites excluding steroid dienone is 1. The van der Waals surface area contributed by atoms with Crippen LogP contribution in [0.2, 0.25) is 0 Å². The van der Waals surface area contributed by atoms with Crippen molar-refractivity contribution in [2.45, 2.75) is 25.7 Å². The number of nitriles is 2. The van der Waals surface area contributed by atoms with Crippen LogP contribution in [0.1, 0.15) is 19.4 Å². The van der Waals surface area contributed by atoms with Gasteiger partial charge in [0.2, 0.25) is 11.8 Å². The molecule has 1 atom stereocenters. The number of aryl methyl sites for hydroxylation is 1. The molecule has 2 rings (SSSR count). The lowest BCUT2D eigenvalue weighted by Crippen LogP contribution is -2.44. The van der Waals surface area contributed by atoms with E-state index in [9.17, 15) is 20.1 Å². The lowest BCUT2D eigenvalue weighted by atomic mass is 9.72. The van der Waals surface area contributed by atoms with Crippen LogP contribution >= 0.6 is 23.5 Å². The zero-order valence-electron chi connectivity index (χ0n) is 16.0. The lowest BCUT2D eigenvalue weighted by Gasteiger charge is -2.34. The minimum Gasteiger partial charge on any atom is -0.355 e. The van der Waals surface area contributed by atoms with Gasteiger partial charge in [0, 0.05) is 22.6 Å². The van der Waals surface area contributed by atoms with Crippen LogP contribution in [0.3, 0.4) is 0 Å². The van der Waals surface area contributed by atoms with Gasteiger partial charge in [-0.15, -0.1) is 11.8 Å². The molecule has 28 heavy (non-hydrogen) atoms. The van der Waals surface area contributed by atoms with Crippen molar-refractivity contribution in [1.29, 1.82) is 10.5 Å². The van der Waals surface area contributed by atoms with Crippen LogP contribution in [-0.4, -0.2) is 29.9 Å². The molecule has 0 aromatic heterocycles. The zero-order chi connectivity index (χ0) is 20.7. The molecule has 1 heterocycles. The number of nitrogens with zero attached hydrogens (tertiary/aromatic N) is 2. The number of carbonyl (C=O) groups excluding carboxylic acids is 2. The molecule has 0 radical (unpaired) electrons. The predicted octanol–water partition coefficient (Wildman–Crippen LogP) is 2.97. The summed E-state index contributed by atoms with van der Waals surface area (Å²) in [6, 6.07) is 12.2. The van der Waals surface area contributed by atoms with Gasteiger partial charge in [0.15, 0.2) is 0 Å². The molecule has 0 bridgehead atoms. The molecule has 1 aromatic carbocycles. The fourth-order valence-electron chi connectivity index (χ4n) is 2.72. The van der Waals surface area contributed by atoms with E-state index in [1.54, 1.807) is 25.6 Å². The Morgan fingerprint density at radius 2 is 1.93 bits per heavy atom. The zero-order valence-corrected chi connectivity index (χ0v) is 17.7. The minimum atomic E-state index is -0.931. The molecule has 0 fully saturated rings. The number of amides is 2. The molecule has 1 aromatic rings. The number of hydrogen-bond acceptors (Lipinski definition) is 6. The SMILES string of the molecule is Cc1ccc(SCCNC(=O)CSC2=C(C#N)C(C)(C)[C@H](C#N)C(=O)N2)cc1. The van der Waals surface area contributed by atoms with Gasteiger partial charge in [0.1, 0.15) is 5.92 Å². The van der Waals surface area contributed by atoms with Gasteiger partial charge < -0.3 is 10.6 Å². The summed E-state index contributed by atoms with van der Waals surface area (Å²) in [5.41, 5.74) is 0.640. The lowest BCUT2D eigenvalue weighted by molar-refractivity contribution is -0.125. The van der Waals surface area contributed by atoms with Crippen molar-refractivity contribution in [3.05, 3.63) is 40.4 Å². The fraction of sp³-hybridized carbons (Fsp3) is 0.400. The van der Waals surface area contributed by atoms with Gasteiger partial charge in [-0.2, -0.15) is 10.5 Å². The molecular formula is C20H22N4O2S2. The first kappa shape index (κ1) is 21.9. The highest BCUT2D eigenvalue weighted by Gasteiger charge is 2.44. The largest absolute Gasteiger partial charge is 0.355 e. The summed E-state index contributed by atoms with van der Waals surface area (Å²) in [7, 11) is 0. The number of benzene rings is 1. The molecule has 0 saturated heterocycles. The number of thioether (sulfide) groups is 2. The fourth-order valence-corrected chi connectivity index (χ4v) is 4.49. The molecular weight excluding hydrogens is 392 g/mol. The first-order valence-corrected chi connectivity index (χ1v) is 10.7. The first-order chi connectivity index (χ1) is 13.3. The molecule has 2 amide bonds. The van der Waals surface area contributed by atoms with Crippen molar-refractivity contribution in [1.82, 2.24) is 10.6 Å². The standard InChI is InChI=1S/C20H22N4O2S2/c1-13-4-6-14(7-5-13)27-9-8-23-17(25)12-28-19-16(11-22)20(2,3)15(10-21)18(26)24-19/h4-7,15H,8-9,12H2,1-3H3,(H,23,25)(H,24,26)/t15-/m1/s1. The van der Waals surface area contributed by atoms with Crippen molar-refractivity contribution < 1.29 is 9.59 Å². The molecule has 1 aliphatic heterocycles. The molecule has 0 aliphatic carbocycles. The van der Waals surface area contributed by atoms with Crippen molar-refractivity contribution in [2.24, 2.45) is 11.3 Å². The highest BCUT2D eigenvalue weighted by atomic mass is 32.2. The van der Waals surface area contributed by atoms with Crippen molar-refractivity contribution in [3.63, 3.8) is 0 Å². The third-order valence-corrected chi connectivity index (χ3v) is 6.41. The smallest absolute Gasteiger partial charge is 0.243 e. The van der Waals surface area contributed by atoms with E-state index < -0.39 is 17.2 Å². The van der Waals surface area contributed by atoms with Crippen LogP contribution in [0.4, 0.5) is 0 Å². The monoisotopic (exact) mass is 414 g/mol. The van der Waals surface area contributed by atoms with E-state index in [0.29, 0.717) is 17.1 Å². The maximum Gasteiger partial charge on any atom is 0.243 e. The second kappa shape index (κ2) is 9.68. The minimum absolute atomic E-state index is 0.0866. The summed E-state index contributed by atoms with van der Waals surface area (Å²) in [6.45, 7) is 5.95. The normalized spacial score (nSPS) is 18.0. The van der Waals surface area contributed by atoms with Crippen LogP contribution < -0.4 is 10.6 Å². The highest BCUT2D eigenvalue weighted by molar-refractivity contribution is 8.03. The van der Waals surface area contributed by atoms with E-state index in [0.717, 1.165) is 22.4 Å². The van der Waals surface area contributed by atoms with Crippen molar-refractivity contribution in [3.8, 4) is 12.1 Å². The summed E-state index contributed by atoms with van der Waals surface area (Å²) >= 11 is 2.77. The van der Waals surface area contributed by atoms with Gasteiger partial charge >= 0.3 is 0 Å². The van der Waals surface area contributed by atoms with E-state index >= 15 is 0 Å². The van der Waals surface area contributed by atoms with E-state index in [4.69, 9.17) is 0 Å². The number of rotatable bonds is 7. The second-order valence-electron chi connectivity index (χ2n) is 6.89. The van der Waals surface area contributed by atoms with Gasteiger partial charge in [0.05, 0.1) is 28.5 Å². The van der Waals surface area contributed by atoms with Crippen LogP contribution in [0, 0.1) is 40.9 Å². The van der Waals surface area contributed by atoms with Crippen molar-refractivity contribution >= 4 is 35.3 Å².